The third kappa shape index (κ3) is 4.04. The molecule has 0 radical (unpaired) electrons. The van der Waals surface area contributed by atoms with Crippen LogP contribution in [-0.2, 0) is 4.74 Å². The number of benzene rings is 1. The van der Waals surface area contributed by atoms with Gasteiger partial charge in [0.1, 0.15) is 6.61 Å². The van der Waals surface area contributed by atoms with E-state index in [0.29, 0.717) is 17.9 Å². The number of carbonyl (C=O) groups excluding carboxylic acids is 1. The van der Waals surface area contributed by atoms with Crippen LogP contribution in [0.2, 0.25) is 0 Å². The lowest BCUT2D eigenvalue weighted by atomic mass is 10.1. The summed E-state index contributed by atoms with van der Waals surface area (Å²) in [5, 5.41) is 0. The first-order valence-corrected chi connectivity index (χ1v) is 6.34. The molecule has 1 aromatic rings. The Hall–Kier alpha value is -1.55. The monoisotopic (exact) mass is 250 g/mol. The van der Waals surface area contributed by atoms with Crippen molar-refractivity contribution in [3.8, 4) is 0 Å². The fourth-order valence-electron chi connectivity index (χ4n) is 1.80. The summed E-state index contributed by atoms with van der Waals surface area (Å²) in [4.78, 5) is 14.1. The van der Waals surface area contributed by atoms with Gasteiger partial charge in [0.15, 0.2) is 0 Å². The van der Waals surface area contributed by atoms with Crippen LogP contribution >= 0.6 is 0 Å². The molecule has 0 heterocycles. The Bertz CT molecular complexity index is 401. The van der Waals surface area contributed by atoms with E-state index in [1.807, 2.05) is 6.92 Å². The summed E-state index contributed by atoms with van der Waals surface area (Å²) in [6.07, 6.45) is 0. The van der Waals surface area contributed by atoms with Gasteiger partial charge in [0.05, 0.1) is 5.56 Å². The molecule has 0 bridgehead atoms. The number of anilines is 1. The number of esters is 1. The molecular weight excluding hydrogens is 228 g/mol. The zero-order chi connectivity index (χ0) is 13.5. The summed E-state index contributed by atoms with van der Waals surface area (Å²) in [5.41, 5.74) is 7.74. The second kappa shape index (κ2) is 7.01. The first-order chi connectivity index (χ1) is 8.58. The molecular formula is C14H22N2O2. The second-order valence-electron chi connectivity index (χ2n) is 4.24. The van der Waals surface area contributed by atoms with Crippen LogP contribution < -0.4 is 5.73 Å². The van der Waals surface area contributed by atoms with Crippen molar-refractivity contribution in [2.75, 3.05) is 32.0 Å². The van der Waals surface area contributed by atoms with Gasteiger partial charge >= 0.3 is 5.97 Å². The Morgan fingerprint density at radius 3 is 2.56 bits per heavy atom. The van der Waals surface area contributed by atoms with E-state index in [2.05, 4.69) is 18.7 Å². The van der Waals surface area contributed by atoms with Crippen molar-refractivity contribution >= 4 is 11.7 Å². The quantitative estimate of drug-likeness (QED) is 0.620. The predicted octanol–water partition coefficient (Wildman–Crippen LogP) is 2.08. The van der Waals surface area contributed by atoms with Crippen molar-refractivity contribution in [1.82, 2.24) is 4.90 Å². The zero-order valence-electron chi connectivity index (χ0n) is 11.4. The molecule has 0 spiro atoms. The highest BCUT2D eigenvalue weighted by molar-refractivity contribution is 5.91. The maximum absolute atomic E-state index is 11.9. The molecule has 0 atom stereocenters. The number of nitrogens with two attached hydrogens (primary N) is 1. The third-order valence-electron chi connectivity index (χ3n) is 3.01. The first kappa shape index (κ1) is 14.5. The SMILES string of the molecule is CCN(CC)CCOC(=O)c1ccc(N)cc1C. The van der Waals surface area contributed by atoms with Crippen LogP contribution in [0.3, 0.4) is 0 Å². The van der Waals surface area contributed by atoms with Crippen LogP contribution in [0.4, 0.5) is 5.69 Å². The van der Waals surface area contributed by atoms with Gasteiger partial charge in [0.2, 0.25) is 0 Å². The summed E-state index contributed by atoms with van der Waals surface area (Å²) in [7, 11) is 0. The predicted molar refractivity (Wildman–Crippen MR) is 73.7 cm³/mol. The maximum Gasteiger partial charge on any atom is 0.338 e. The van der Waals surface area contributed by atoms with Crippen LogP contribution in [0.5, 0.6) is 0 Å². The molecule has 0 fully saturated rings. The summed E-state index contributed by atoms with van der Waals surface area (Å²) in [5.74, 6) is -0.278. The molecule has 100 valence electrons. The molecule has 4 nitrogen and oxygen atoms in total. The topological polar surface area (TPSA) is 55.6 Å². The number of ether oxygens (including phenoxy) is 1. The molecule has 2 N–H and O–H groups in total. The minimum atomic E-state index is -0.278. The first-order valence-electron chi connectivity index (χ1n) is 6.34. The Kier molecular flexibility index (Phi) is 5.65. The smallest absolute Gasteiger partial charge is 0.338 e. The van der Waals surface area contributed by atoms with Crippen LogP contribution in [-0.4, -0.2) is 37.1 Å². The van der Waals surface area contributed by atoms with Crippen LogP contribution in [0.15, 0.2) is 18.2 Å². The molecule has 0 unspecified atom stereocenters. The van der Waals surface area contributed by atoms with E-state index in [9.17, 15) is 4.79 Å². The normalized spacial score (nSPS) is 10.7. The van der Waals surface area contributed by atoms with Crippen LogP contribution in [0.1, 0.15) is 29.8 Å². The van der Waals surface area contributed by atoms with E-state index in [-0.39, 0.29) is 5.97 Å². The molecule has 0 amide bonds. The number of hydrogen-bond donors (Lipinski definition) is 1. The number of aryl methyl sites for hydroxylation is 1. The van der Waals surface area contributed by atoms with Gasteiger partial charge in [-0.3, -0.25) is 0 Å². The standard InChI is InChI=1S/C14H22N2O2/c1-4-16(5-2)8-9-18-14(17)13-7-6-12(15)10-11(13)3/h6-7,10H,4-5,8-9,15H2,1-3H3. The van der Waals surface area contributed by atoms with Crippen molar-refractivity contribution in [3.63, 3.8) is 0 Å². The molecule has 0 saturated carbocycles. The van der Waals surface area contributed by atoms with E-state index >= 15 is 0 Å². The van der Waals surface area contributed by atoms with Crippen molar-refractivity contribution in [2.24, 2.45) is 0 Å². The van der Waals surface area contributed by atoms with E-state index in [1.165, 1.54) is 0 Å². The van der Waals surface area contributed by atoms with Crippen molar-refractivity contribution < 1.29 is 9.53 Å². The van der Waals surface area contributed by atoms with Crippen molar-refractivity contribution in [2.45, 2.75) is 20.8 Å². The summed E-state index contributed by atoms with van der Waals surface area (Å²) in [6, 6.07) is 5.21. The molecule has 0 aliphatic rings. The summed E-state index contributed by atoms with van der Waals surface area (Å²) >= 11 is 0. The Labute approximate surface area is 109 Å². The van der Waals surface area contributed by atoms with Gasteiger partial charge in [-0.1, -0.05) is 13.8 Å². The highest BCUT2D eigenvalue weighted by atomic mass is 16.5. The minimum Gasteiger partial charge on any atom is -0.461 e. The third-order valence-corrected chi connectivity index (χ3v) is 3.01. The highest BCUT2D eigenvalue weighted by Gasteiger charge is 2.10. The van der Waals surface area contributed by atoms with Gasteiger partial charge in [-0.15, -0.1) is 0 Å². The zero-order valence-corrected chi connectivity index (χ0v) is 11.4. The Morgan fingerprint density at radius 1 is 1.33 bits per heavy atom. The average molecular weight is 250 g/mol. The molecule has 0 aliphatic carbocycles. The van der Waals surface area contributed by atoms with Gasteiger partial charge in [0, 0.05) is 12.2 Å². The molecule has 1 aromatic carbocycles. The molecule has 0 aromatic heterocycles. The maximum atomic E-state index is 11.9. The lowest BCUT2D eigenvalue weighted by Gasteiger charge is -2.17. The van der Waals surface area contributed by atoms with E-state index in [0.717, 1.165) is 25.2 Å². The number of nitrogens with zero attached hydrogens (tertiary/aromatic N) is 1. The van der Waals surface area contributed by atoms with E-state index < -0.39 is 0 Å². The van der Waals surface area contributed by atoms with Crippen LogP contribution in [0.25, 0.3) is 0 Å². The lowest BCUT2D eigenvalue weighted by molar-refractivity contribution is 0.0465. The number of rotatable bonds is 6. The van der Waals surface area contributed by atoms with Gasteiger partial charge in [0.25, 0.3) is 0 Å². The van der Waals surface area contributed by atoms with Gasteiger partial charge in [-0.2, -0.15) is 0 Å². The van der Waals surface area contributed by atoms with Gasteiger partial charge in [-0.05, 0) is 43.8 Å². The lowest BCUT2D eigenvalue weighted by Crippen LogP contribution is -2.28. The summed E-state index contributed by atoms with van der Waals surface area (Å²) in [6.45, 7) is 9.17. The van der Waals surface area contributed by atoms with E-state index in [1.54, 1.807) is 18.2 Å². The Morgan fingerprint density at radius 2 is 2.00 bits per heavy atom. The molecule has 0 aliphatic heterocycles. The fraction of sp³-hybridized carbons (Fsp3) is 0.500. The van der Waals surface area contributed by atoms with Crippen molar-refractivity contribution in [3.05, 3.63) is 29.3 Å². The Balaban J connectivity index is 2.50. The molecule has 18 heavy (non-hydrogen) atoms. The molecule has 0 saturated heterocycles. The number of hydrogen-bond acceptors (Lipinski definition) is 4. The number of carbonyl (C=O) groups is 1. The average Bonchev–Trinajstić information content (AvgIpc) is 2.34. The van der Waals surface area contributed by atoms with Gasteiger partial charge < -0.3 is 15.4 Å². The second-order valence-corrected chi connectivity index (χ2v) is 4.24. The molecule has 1 rings (SSSR count). The number of likely N-dealkylation sites (N-methyl/N-ethyl adjacent to an activating group) is 1. The molecule has 4 heteroatoms. The minimum absolute atomic E-state index is 0.278. The largest absolute Gasteiger partial charge is 0.461 e. The van der Waals surface area contributed by atoms with Crippen LogP contribution in [0, 0.1) is 6.92 Å². The van der Waals surface area contributed by atoms with Gasteiger partial charge in [-0.25, -0.2) is 4.79 Å². The summed E-state index contributed by atoms with van der Waals surface area (Å²) < 4.78 is 5.26. The van der Waals surface area contributed by atoms with Crippen molar-refractivity contribution in [1.29, 1.82) is 0 Å². The fourth-order valence-corrected chi connectivity index (χ4v) is 1.80. The highest BCUT2D eigenvalue weighted by Crippen LogP contribution is 2.13. The van der Waals surface area contributed by atoms with E-state index in [4.69, 9.17) is 10.5 Å². The number of nitrogen functional groups attached to an aromatic ring is 1.